The Labute approximate surface area is 108 Å². The first-order chi connectivity index (χ1) is 9.22. The van der Waals surface area contributed by atoms with E-state index in [1.807, 2.05) is 6.92 Å². The number of halogens is 1. The highest BCUT2D eigenvalue weighted by Crippen LogP contribution is 2.33. The number of aromatic nitrogens is 2. The molecule has 0 amide bonds. The number of rotatable bonds is 3. The Morgan fingerprint density at radius 2 is 2.32 bits per heavy atom. The molecule has 0 aliphatic heterocycles. The molecule has 5 heteroatoms. The molecule has 3 aromatic rings. The molecule has 0 unspecified atom stereocenters. The van der Waals surface area contributed by atoms with Gasteiger partial charge in [0.2, 0.25) is 0 Å². The molecule has 19 heavy (non-hydrogen) atoms. The molecule has 0 spiro atoms. The Balaban J connectivity index is 2.23. The number of aliphatic hydroxyl groups excluding tert-OH is 1. The van der Waals surface area contributed by atoms with Crippen molar-refractivity contribution in [3.63, 3.8) is 0 Å². The van der Waals surface area contributed by atoms with Crippen molar-refractivity contribution in [3.8, 4) is 0 Å². The standard InChI is InChI=1S/C14H13FN2O2/c1-2-8-7-19-13-10(15)4-3-9(11(8)13)12(18)14-16-5-6-17-14/h3-7,12,18H,2H2,1H3,(H,16,17)/t12-/m0/s1. The summed E-state index contributed by atoms with van der Waals surface area (Å²) in [4.78, 5) is 6.89. The number of fused-ring (bicyclic) bond motifs is 1. The number of nitrogens with one attached hydrogen (secondary N) is 1. The Bertz CT molecular complexity index is 704. The lowest BCUT2D eigenvalue weighted by molar-refractivity contribution is 0.212. The molecule has 0 saturated carbocycles. The number of H-pyrrole nitrogens is 1. The molecule has 2 N–H and O–H groups in total. The van der Waals surface area contributed by atoms with Crippen molar-refractivity contribution in [3.05, 3.63) is 53.6 Å². The predicted octanol–water partition coefficient (Wildman–Crippen LogP) is 2.94. The third kappa shape index (κ3) is 1.82. The third-order valence-corrected chi connectivity index (χ3v) is 3.24. The van der Waals surface area contributed by atoms with Gasteiger partial charge < -0.3 is 14.5 Å². The summed E-state index contributed by atoms with van der Waals surface area (Å²) in [6.07, 6.45) is 4.51. The zero-order chi connectivity index (χ0) is 13.4. The second-order valence-electron chi connectivity index (χ2n) is 4.33. The van der Waals surface area contributed by atoms with Crippen molar-refractivity contribution in [2.75, 3.05) is 0 Å². The topological polar surface area (TPSA) is 62.1 Å². The Kier molecular flexibility index (Phi) is 2.83. The van der Waals surface area contributed by atoms with Crippen LogP contribution in [0.2, 0.25) is 0 Å². The van der Waals surface area contributed by atoms with Gasteiger partial charge in [0.05, 0.1) is 6.26 Å². The largest absolute Gasteiger partial charge is 0.461 e. The average molecular weight is 260 g/mol. The lowest BCUT2D eigenvalue weighted by Crippen LogP contribution is -2.03. The van der Waals surface area contributed by atoms with Crippen molar-refractivity contribution < 1.29 is 13.9 Å². The molecular weight excluding hydrogens is 247 g/mol. The van der Waals surface area contributed by atoms with Crippen LogP contribution < -0.4 is 0 Å². The fourth-order valence-corrected chi connectivity index (χ4v) is 2.27. The van der Waals surface area contributed by atoms with Crippen LogP contribution in [0.25, 0.3) is 11.0 Å². The summed E-state index contributed by atoms with van der Waals surface area (Å²) in [5.74, 6) is 0.00116. The minimum absolute atomic E-state index is 0.181. The summed E-state index contributed by atoms with van der Waals surface area (Å²) >= 11 is 0. The number of furan rings is 1. The summed E-state index contributed by atoms with van der Waals surface area (Å²) in [5.41, 5.74) is 1.65. The van der Waals surface area contributed by atoms with Crippen LogP contribution in [0.5, 0.6) is 0 Å². The number of nitrogens with zero attached hydrogens (tertiary/aromatic N) is 1. The van der Waals surface area contributed by atoms with Gasteiger partial charge in [0.15, 0.2) is 11.4 Å². The smallest absolute Gasteiger partial charge is 0.170 e. The number of imidazole rings is 1. The van der Waals surface area contributed by atoms with Crippen molar-refractivity contribution in [2.24, 2.45) is 0 Å². The van der Waals surface area contributed by atoms with E-state index in [2.05, 4.69) is 9.97 Å². The SMILES string of the molecule is CCc1coc2c(F)ccc([C@H](O)c3ncc[nH]3)c12. The van der Waals surface area contributed by atoms with Crippen LogP contribution >= 0.6 is 0 Å². The van der Waals surface area contributed by atoms with Gasteiger partial charge in [-0.25, -0.2) is 9.37 Å². The van der Waals surface area contributed by atoms with Crippen molar-refractivity contribution >= 4 is 11.0 Å². The zero-order valence-corrected chi connectivity index (χ0v) is 10.4. The Morgan fingerprint density at radius 1 is 1.47 bits per heavy atom. The third-order valence-electron chi connectivity index (χ3n) is 3.24. The summed E-state index contributed by atoms with van der Waals surface area (Å²) in [6, 6.07) is 2.87. The molecule has 98 valence electrons. The van der Waals surface area contributed by atoms with Crippen LogP contribution in [-0.2, 0) is 6.42 Å². The number of hydrogen-bond donors (Lipinski definition) is 2. The van der Waals surface area contributed by atoms with Crippen molar-refractivity contribution in [2.45, 2.75) is 19.4 Å². The minimum atomic E-state index is -0.930. The fraction of sp³-hybridized carbons (Fsp3) is 0.214. The van der Waals surface area contributed by atoms with Crippen LogP contribution in [0.15, 0.2) is 35.2 Å². The van der Waals surface area contributed by atoms with E-state index < -0.39 is 11.9 Å². The van der Waals surface area contributed by atoms with E-state index in [1.165, 1.54) is 12.3 Å². The molecule has 3 rings (SSSR count). The molecule has 2 aromatic heterocycles. The molecule has 0 aliphatic carbocycles. The second kappa shape index (κ2) is 4.51. The van der Waals surface area contributed by atoms with Gasteiger partial charge >= 0.3 is 0 Å². The highest BCUT2D eigenvalue weighted by atomic mass is 19.1. The van der Waals surface area contributed by atoms with E-state index in [4.69, 9.17) is 4.42 Å². The molecule has 0 bridgehead atoms. The number of aromatic amines is 1. The van der Waals surface area contributed by atoms with Gasteiger partial charge in [0.1, 0.15) is 11.9 Å². The molecule has 0 fully saturated rings. The summed E-state index contributed by atoms with van der Waals surface area (Å²) < 4.78 is 19.0. The number of aryl methyl sites for hydroxylation is 1. The maximum Gasteiger partial charge on any atom is 0.170 e. The number of hydrogen-bond acceptors (Lipinski definition) is 3. The van der Waals surface area contributed by atoms with Gasteiger partial charge in [-0.05, 0) is 23.6 Å². The Hall–Kier alpha value is -2.14. The fourth-order valence-electron chi connectivity index (χ4n) is 2.27. The first kappa shape index (κ1) is 11.9. The van der Waals surface area contributed by atoms with E-state index in [9.17, 15) is 9.50 Å². The quantitative estimate of drug-likeness (QED) is 0.761. The van der Waals surface area contributed by atoms with E-state index in [0.29, 0.717) is 23.2 Å². The maximum absolute atomic E-state index is 13.7. The normalized spacial score (nSPS) is 13.0. The molecule has 1 atom stereocenters. The van der Waals surface area contributed by atoms with Crippen LogP contribution in [0, 0.1) is 5.82 Å². The molecule has 4 nitrogen and oxygen atoms in total. The van der Waals surface area contributed by atoms with E-state index in [-0.39, 0.29) is 5.58 Å². The summed E-state index contributed by atoms with van der Waals surface area (Å²) in [6.45, 7) is 1.96. The average Bonchev–Trinajstić information content (AvgIpc) is 3.08. The molecule has 0 aliphatic rings. The number of benzene rings is 1. The molecule has 0 radical (unpaired) electrons. The lowest BCUT2D eigenvalue weighted by Gasteiger charge is -2.10. The first-order valence-electron chi connectivity index (χ1n) is 6.08. The zero-order valence-electron chi connectivity index (χ0n) is 10.4. The second-order valence-corrected chi connectivity index (χ2v) is 4.33. The first-order valence-corrected chi connectivity index (χ1v) is 6.08. The van der Waals surface area contributed by atoms with Crippen LogP contribution in [0.4, 0.5) is 4.39 Å². The van der Waals surface area contributed by atoms with Gasteiger partial charge in [0.25, 0.3) is 0 Å². The summed E-state index contributed by atoms with van der Waals surface area (Å²) in [7, 11) is 0. The minimum Gasteiger partial charge on any atom is -0.461 e. The van der Waals surface area contributed by atoms with Gasteiger partial charge in [-0.2, -0.15) is 0 Å². The van der Waals surface area contributed by atoms with Crippen LogP contribution in [-0.4, -0.2) is 15.1 Å². The van der Waals surface area contributed by atoms with Gasteiger partial charge in [-0.1, -0.05) is 13.0 Å². The molecule has 1 aromatic carbocycles. The maximum atomic E-state index is 13.7. The monoisotopic (exact) mass is 260 g/mol. The van der Waals surface area contributed by atoms with Gasteiger partial charge in [-0.3, -0.25) is 0 Å². The van der Waals surface area contributed by atoms with Crippen LogP contribution in [0.3, 0.4) is 0 Å². The molecular formula is C14H13FN2O2. The van der Waals surface area contributed by atoms with E-state index in [1.54, 1.807) is 18.5 Å². The van der Waals surface area contributed by atoms with E-state index in [0.717, 1.165) is 5.56 Å². The molecule has 0 saturated heterocycles. The number of aliphatic hydroxyl groups is 1. The van der Waals surface area contributed by atoms with Crippen LogP contribution in [0.1, 0.15) is 30.0 Å². The highest BCUT2D eigenvalue weighted by Gasteiger charge is 2.21. The van der Waals surface area contributed by atoms with E-state index >= 15 is 0 Å². The Morgan fingerprint density at radius 3 is 3.00 bits per heavy atom. The predicted molar refractivity (Wildman–Crippen MR) is 68.2 cm³/mol. The van der Waals surface area contributed by atoms with Gasteiger partial charge in [-0.15, -0.1) is 0 Å². The molecule has 2 heterocycles. The summed E-state index contributed by atoms with van der Waals surface area (Å²) in [5, 5.41) is 11.0. The lowest BCUT2D eigenvalue weighted by atomic mass is 10.00. The van der Waals surface area contributed by atoms with Crippen molar-refractivity contribution in [1.29, 1.82) is 0 Å². The van der Waals surface area contributed by atoms with Crippen molar-refractivity contribution in [1.82, 2.24) is 9.97 Å². The highest BCUT2D eigenvalue weighted by molar-refractivity contribution is 5.85. The van der Waals surface area contributed by atoms with Gasteiger partial charge in [0, 0.05) is 17.8 Å².